The summed E-state index contributed by atoms with van der Waals surface area (Å²) in [5.74, 6) is -0.259. The largest absolute Gasteiger partial charge is 0.465 e. The molecule has 6 heteroatoms. The zero-order chi connectivity index (χ0) is 10.8. The number of hydrogen-bond donors (Lipinski definition) is 0. The normalized spacial score (nSPS) is 10.8. The third-order valence-electron chi connectivity index (χ3n) is 1.86. The van der Waals surface area contributed by atoms with E-state index in [1.165, 1.54) is 6.92 Å². The van der Waals surface area contributed by atoms with Gasteiger partial charge in [0.1, 0.15) is 5.01 Å². The number of imidazole rings is 1. The van der Waals surface area contributed by atoms with Crippen LogP contribution in [0, 0.1) is 6.92 Å². The van der Waals surface area contributed by atoms with Crippen molar-refractivity contribution >= 4 is 22.3 Å². The van der Waals surface area contributed by atoms with Gasteiger partial charge < -0.3 is 4.74 Å². The molecule has 0 spiro atoms. The molecule has 0 atom stereocenters. The van der Waals surface area contributed by atoms with Gasteiger partial charge in [-0.25, -0.2) is 9.50 Å². The molecule has 0 fully saturated rings. The predicted molar refractivity (Wildman–Crippen MR) is 55.9 cm³/mol. The van der Waals surface area contributed by atoms with E-state index >= 15 is 0 Å². The van der Waals surface area contributed by atoms with Crippen LogP contribution in [0.5, 0.6) is 0 Å². The predicted octanol–water partition coefficient (Wildman–Crippen LogP) is 1.20. The molecular weight excluding hydrogens is 214 g/mol. The topological polar surface area (TPSA) is 56.5 Å². The molecular formula is C9H11N3O2S. The third kappa shape index (κ3) is 2.33. The van der Waals surface area contributed by atoms with E-state index in [1.54, 1.807) is 15.9 Å². The quantitative estimate of drug-likeness (QED) is 0.737. The number of ether oxygens (including phenoxy) is 1. The Morgan fingerprint density at radius 2 is 2.47 bits per heavy atom. The van der Waals surface area contributed by atoms with E-state index in [2.05, 4.69) is 10.1 Å². The molecule has 0 unspecified atom stereocenters. The van der Waals surface area contributed by atoms with Crippen LogP contribution in [0.3, 0.4) is 0 Å². The first kappa shape index (κ1) is 10.1. The number of rotatable bonds is 3. The minimum atomic E-state index is -0.259. The second-order valence-corrected chi connectivity index (χ2v) is 4.33. The van der Waals surface area contributed by atoms with Gasteiger partial charge in [0.05, 0.1) is 18.5 Å². The summed E-state index contributed by atoms with van der Waals surface area (Å²) >= 11 is 1.55. The zero-order valence-corrected chi connectivity index (χ0v) is 9.37. The monoisotopic (exact) mass is 225 g/mol. The Kier molecular flexibility index (Phi) is 2.68. The Bertz CT molecular complexity index is 457. The lowest BCUT2D eigenvalue weighted by Gasteiger charge is -1.97. The molecule has 0 aliphatic rings. The SMILES string of the molecule is CC(=O)OCCc1cn2nc(C)sc2n1. The maximum atomic E-state index is 10.5. The van der Waals surface area contributed by atoms with Gasteiger partial charge in [0.25, 0.3) is 0 Å². The first-order chi connectivity index (χ1) is 7.15. The summed E-state index contributed by atoms with van der Waals surface area (Å²) in [6, 6.07) is 0. The van der Waals surface area contributed by atoms with Crippen molar-refractivity contribution < 1.29 is 9.53 Å². The first-order valence-electron chi connectivity index (χ1n) is 4.60. The van der Waals surface area contributed by atoms with Gasteiger partial charge >= 0.3 is 5.97 Å². The molecule has 0 radical (unpaired) electrons. The average molecular weight is 225 g/mol. The van der Waals surface area contributed by atoms with Crippen molar-refractivity contribution in [3.05, 3.63) is 16.9 Å². The van der Waals surface area contributed by atoms with Crippen molar-refractivity contribution in [2.45, 2.75) is 20.3 Å². The van der Waals surface area contributed by atoms with Gasteiger partial charge in [0.15, 0.2) is 0 Å². The van der Waals surface area contributed by atoms with Gasteiger partial charge in [-0.2, -0.15) is 5.10 Å². The molecule has 0 aromatic carbocycles. The van der Waals surface area contributed by atoms with Crippen molar-refractivity contribution in [3.63, 3.8) is 0 Å². The molecule has 0 aliphatic carbocycles. The summed E-state index contributed by atoms with van der Waals surface area (Å²) < 4.78 is 6.59. The van der Waals surface area contributed by atoms with Gasteiger partial charge in [0.2, 0.25) is 4.96 Å². The highest BCUT2D eigenvalue weighted by Crippen LogP contribution is 2.13. The van der Waals surface area contributed by atoms with Crippen LogP contribution in [0.1, 0.15) is 17.6 Å². The lowest BCUT2D eigenvalue weighted by Crippen LogP contribution is -2.03. The second-order valence-electron chi connectivity index (χ2n) is 3.17. The van der Waals surface area contributed by atoms with Crippen LogP contribution >= 0.6 is 11.3 Å². The molecule has 0 saturated carbocycles. The van der Waals surface area contributed by atoms with Crippen molar-refractivity contribution in [2.75, 3.05) is 6.61 Å². The van der Waals surface area contributed by atoms with Gasteiger partial charge in [-0.05, 0) is 6.92 Å². The minimum absolute atomic E-state index is 0.259. The van der Waals surface area contributed by atoms with Crippen LogP contribution in [0.15, 0.2) is 6.20 Å². The van der Waals surface area contributed by atoms with E-state index in [0.29, 0.717) is 13.0 Å². The molecule has 80 valence electrons. The third-order valence-corrected chi connectivity index (χ3v) is 2.70. The number of fused-ring (bicyclic) bond motifs is 1. The number of aryl methyl sites for hydroxylation is 1. The van der Waals surface area contributed by atoms with Gasteiger partial charge in [-0.3, -0.25) is 4.79 Å². The van der Waals surface area contributed by atoms with Crippen molar-refractivity contribution in [1.82, 2.24) is 14.6 Å². The van der Waals surface area contributed by atoms with Gasteiger partial charge in [0, 0.05) is 13.3 Å². The molecule has 2 aromatic heterocycles. The van der Waals surface area contributed by atoms with E-state index < -0.39 is 0 Å². The maximum Gasteiger partial charge on any atom is 0.302 e. The van der Waals surface area contributed by atoms with Crippen LogP contribution in [0.4, 0.5) is 0 Å². The summed E-state index contributed by atoms with van der Waals surface area (Å²) in [6.07, 6.45) is 2.50. The van der Waals surface area contributed by atoms with Crippen molar-refractivity contribution in [1.29, 1.82) is 0 Å². The number of nitrogens with zero attached hydrogens (tertiary/aromatic N) is 3. The van der Waals surface area contributed by atoms with E-state index in [1.807, 2.05) is 13.1 Å². The number of aromatic nitrogens is 3. The highest BCUT2D eigenvalue weighted by Gasteiger charge is 2.05. The molecule has 0 aliphatic heterocycles. The van der Waals surface area contributed by atoms with E-state index in [-0.39, 0.29) is 5.97 Å². The molecule has 15 heavy (non-hydrogen) atoms. The lowest BCUT2D eigenvalue weighted by molar-refractivity contribution is -0.140. The summed E-state index contributed by atoms with van der Waals surface area (Å²) in [5, 5.41) is 5.23. The summed E-state index contributed by atoms with van der Waals surface area (Å²) in [7, 11) is 0. The molecule has 0 bridgehead atoms. The Labute approximate surface area is 90.7 Å². The van der Waals surface area contributed by atoms with E-state index in [4.69, 9.17) is 4.74 Å². The molecule has 2 rings (SSSR count). The van der Waals surface area contributed by atoms with Crippen LogP contribution < -0.4 is 0 Å². The fourth-order valence-electron chi connectivity index (χ4n) is 1.26. The fourth-order valence-corrected chi connectivity index (χ4v) is 2.01. The summed E-state index contributed by atoms with van der Waals surface area (Å²) in [4.78, 5) is 15.8. The lowest BCUT2D eigenvalue weighted by atomic mass is 10.3. The van der Waals surface area contributed by atoms with Gasteiger partial charge in [-0.15, -0.1) is 0 Å². The molecule has 2 heterocycles. The Morgan fingerprint density at radius 3 is 3.13 bits per heavy atom. The minimum Gasteiger partial charge on any atom is -0.465 e. The standard InChI is InChI=1S/C9H11N3O2S/c1-6-11-12-5-8(10-9(12)15-6)3-4-14-7(2)13/h5H,3-4H2,1-2H3. The summed E-state index contributed by atoms with van der Waals surface area (Å²) in [6.45, 7) is 3.72. The molecule has 5 nitrogen and oxygen atoms in total. The fraction of sp³-hybridized carbons (Fsp3) is 0.444. The van der Waals surface area contributed by atoms with E-state index in [0.717, 1.165) is 15.7 Å². The Morgan fingerprint density at radius 1 is 1.67 bits per heavy atom. The second kappa shape index (κ2) is 3.98. The zero-order valence-electron chi connectivity index (χ0n) is 8.56. The molecule has 0 saturated heterocycles. The molecule has 0 N–H and O–H groups in total. The van der Waals surface area contributed by atoms with Crippen LogP contribution in [-0.4, -0.2) is 27.2 Å². The number of carbonyl (C=O) groups is 1. The van der Waals surface area contributed by atoms with Crippen LogP contribution in [0.2, 0.25) is 0 Å². The maximum absolute atomic E-state index is 10.5. The first-order valence-corrected chi connectivity index (χ1v) is 5.42. The summed E-state index contributed by atoms with van der Waals surface area (Å²) in [5.41, 5.74) is 0.898. The van der Waals surface area contributed by atoms with Crippen molar-refractivity contribution in [3.8, 4) is 0 Å². The van der Waals surface area contributed by atoms with Crippen LogP contribution in [0.25, 0.3) is 4.96 Å². The number of hydrogen-bond acceptors (Lipinski definition) is 5. The van der Waals surface area contributed by atoms with Crippen molar-refractivity contribution in [2.24, 2.45) is 0 Å². The van der Waals surface area contributed by atoms with E-state index in [9.17, 15) is 4.79 Å². The van der Waals surface area contributed by atoms with Crippen LogP contribution in [-0.2, 0) is 16.0 Å². The van der Waals surface area contributed by atoms with Gasteiger partial charge in [-0.1, -0.05) is 11.3 Å². The average Bonchev–Trinajstić information content (AvgIpc) is 2.60. The number of esters is 1. The smallest absolute Gasteiger partial charge is 0.302 e. The highest BCUT2D eigenvalue weighted by molar-refractivity contribution is 7.16. The Balaban J connectivity index is 2.02. The molecule has 0 amide bonds. The molecule has 2 aromatic rings. The number of carbonyl (C=O) groups excluding carboxylic acids is 1. The Hall–Kier alpha value is -1.43. The highest BCUT2D eigenvalue weighted by atomic mass is 32.1.